The van der Waals surface area contributed by atoms with Gasteiger partial charge in [0.25, 0.3) is 11.6 Å². The first-order valence-corrected chi connectivity index (χ1v) is 10.3. The molecule has 0 aliphatic carbocycles. The van der Waals surface area contributed by atoms with Gasteiger partial charge in [-0.3, -0.25) is 14.9 Å². The highest BCUT2D eigenvalue weighted by molar-refractivity contribution is 7.09. The molecular weight excluding hydrogens is 388 g/mol. The first kappa shape index (κ1) is 19.1. The molecular formula is C21H20N4O3S. The molecule has 1 aliphatic rings. The van der Waals surface area contributed by atoms with E-state index in [1.165, 1.54) is 6.07 Å². The van der Waals surface area contributed by atoms with Crippen LogP contribution in [0.15, 0.2) is 47.8 Å². The van der Waals surface area contributed by atoms with Crippen molar-refractivity contribution < 1.29 is 9.72 Å². The van der Waals surface area contributed by atoms with Gasteiger partial charge in [-0.25, -0.2) is 4.98 Å². The quantitative estimate of drug-likeness (QED) is 0.480. The highest BCUT2D eigenvalue weighted by Crippen LogP contribution is 2.32. The number of carbonyl (C=O) groups excluding carboxylic acids is 1. The molecule has 0 spiro atoms. The van der Waals surface area contributed by atoms with Crippen LogP contribution >= 0.6 is 11.3 Å². The van der Waals surface area contributed by atoms with Crippen molar-refractivity contribution in [2.45, 2.75) is 19.8 Å². The summed E-state index contributed by atoms with van der Waals surface area (Å²) in [5, 5.41) is 17.3. The van der Waals surface area contributed by atoms with E-state index >= 15 is 0 Å². The second-order valence-corrected chi connectivity index (χ2v) is 8.00. The van der Waals surface area contributed by atoms with Gasteiger partial charge in [0.15, 0.2) is 0 Å². The molecule has 8 heteroatoms. The Bertz CT molecular complexity index is 1070. The van der Waals surface area contributed by atoms with Crippen molar-refractivity contribution in [1.29, 1.82) is 0 Å². The zero-order valence-corrected chi connectivity index (χ0v) is 16.7. The van der Waals surface area contributed by atoms with Crippen molar-refractivity contribution >= 4 is 34.3 Å². The lowest BCUT2D eigenvalue weighted by atomic mass is 10.1. The maximum Gasteiger partial charge on any atom is 0.293 e. The predicted molar refractivity (Wildman–Crippen MR) is 115 cm³/mol. The summed E-state index contributed by atoms with van der Waals surface area (Å²) >= 11 is 1.57. The monoisotopic (exact) mass is 408 g/mol. The van der Waals surface area contributed by atoms with Crippen LogP contribution in [0.4, 0.5) is 17.1 Å². The van der Waals surface area contributed by atoms with Gasteiger partial charge >= 0.3 is 0 Å². The number of hydrogen-bond acceptors (Lipinski definition) is 6. The molecule has 1 aromatic heterocycles. The lowest BCUT2D eigenvalue weighted by Gasteiger charge is -2.17. The van der Waals surface area contributed by atoms with Crippen molar-refractivity contribution in [2.24, 2.45) is 0 Å². The van der Waals surface area contributed by atoms with Gasteiger partial charge in [-0.1, -0.05) is 12.1 Å². The van der Waals surface area contributed by atoms with E-state index in [0.717, 1.165) is 42.2 Å². The normalized spacial score (nSPS) is 13.5. The maximum atomic E-state index is 12.7. The Morgan fingerprint density at radius 1 is 1.21 bits per heavy atom. The number of thiazole rings is 1. The van der Waals surface area contributed by atoms with E-state index < -0.39 is 4.92 Å². The summed E-state index contributed by atoms with van der Waals surface area (Å²) in [4.78, 5) is 30.3. The molecule has 148 valence electrons. The van der Waals surface area contributed by atoms with Gasteiger partial charge in [-0.15, -0.1) is 11.3 Å². The number of hydrogen-bond donors (Lipinski definition) is 1. The minimum absolute atomic E-state index is 0.0359. The van der Waals surface area contributed by atoms with E-state index in [0.29, 0.717) is 11.4 Å². The molecule has 1 amide bonds. The van der Waals surface area contributed by atoms with E-state index in [4.69, 9.17) is 0 Å². The maximum absolute atomic E-state index is 12.7. The third-order valence-corrected chi connectivity index (χ3v) is 5.69. The molecule has 4 rings (SSSR count). The molecule has 7 nitrogen and oxygen atoms in total. The first-order valence-electron chi connectivity index (χ1n) is 9.38. The van der Waals surface area contributed by atoms with E-state index in [1.807, 2.05) is 35.4 Å². The van der Waals surface area contributed by atoms with Crippen molar-refractivity contribution in [1.82, 2.24) is 4.98 Å². The molecule has 1 aliphatic heterocycles. The number of rotatable bonds is 5. The number of benzene rings is 2. The number of anilines is 2. The van der Waals surface area contributed by atoms with Gasteiger partial charge in [0, 0.05) is 41.4 Å². The van der Waals surface area contributed by atoms with Crippen LogP contribution in [0, 0.1) is 17.0 Å². The van der Waals surface area contributed by atoms with Crippen molar-refractivity contribution in [3.63, 3.8) is 0 Å². The minimum atomic E-state index is -0.421. The molecule has 0 saturated carbocycles. The summed E-state index contributed by atoms with van der Waals surface area (Å²) in [7, 11) is 0. The van der Waals surface area contributed by atoms with Gasteiger partial charge < -0.3 is 10.2 Å². The van der Waals surface area contributed by atoms with E-state index in [1.54, 1.807) is 29.5 Å². The average Bonchev–Trinajstić information content (AvgIpc) is 3.39. The van der Waals surface area contributed by atoms with E-state index in [9.17, 15) is 14.9 Å². The summed E-state index contributed by atoms with van der Waals surface area (Å²) < 4.78 is 0. The molecule has 0 atom stereocenters. The third-order valence-electron chi connectivity index (χ3n) is 4.92. The first-order chi connectivity index (χ1) is 14.0. The van der Waals surface area contributed by atoms with E-state index in [2.05, 4.69) is 10.3 Å². The van der Waals surface area contributed by atoms with Crippen molar-refractivity contribution in [3.05, 3.63) is 68.5 Å². The lowest BCUT2D eigenvalue weighted by molar-refractivity contribution is -0.384. The van der Waals surface area contributed by atoms with Crippen LogP contribution in [0.5, 0.6) is 0 Å². The average molecular weight is 408 g/mol. The topological polar surface area (TPSA) is 88.4 Å². The molecule has 1 N–H and O–H groups in total. The molecule has 3 aromatic rings. The van der Waals surface area contributed by atoms with Crippen LogP contribution in [-0.2, 0) is 0 Å². The van der Waals surface area contributed by atoms with Crippen molar-refractivity contribution in [2.75, 3.05) is 23.3 Å². The Morgan fingerprint density at radius 3 is 2.69 bits per heavy atom. The molecule has 2 aromatic carbocycles. The number of nitro groups is 1. The Kier molecular flexibility index (Phi) is 5.26. The Balaban J connectivity index is 1.57. The van der Waals surface area contributed by atoms with Gasteiger partial charge in [-0.05, 0) is 44.0 Å². The van der Waals surface area contributed by atoms with Crippen LogP contribution < -0.4 is 10.2 Å². The van der Waals surface area contributed by atoms with Gasteiger partial charge in [0.2, 0.25) is 0 Å². The molecule has 0 bridgehead atoms. The number of nitrogens with one attached hydrogen (secondary N) is 1. The lowest BCUT2D eigenvalue weighted by Crippen LogP contribution is -2.19. The zero-order valence-electron chi connectivity index (χ0n) is 15.9. The molecule has 0 unspecified atom stereocenters. The van der Waals surface area contributed by atoms with E-state index in [-0.39, 0.29) is 17.2 Å². The standard InChI is InChI=1S/C21H20N4O3S/c1-14-22-18(13-29-14)15-5-4-6-17(11-15)23-21(26)16-7-8-19(20(12-16)25(27)28)24-9-2-3-10-24/h4-8,11-13H,2-3,9-10H2,1H3,(H,23,26). The molecule has 1 saturated heterocycles. The smallest absolute Gasteiger partial charge is 0.293 e. The molecule has 0 radical (unpaired) electrons. The Labute approximate surface area is 172 Å². The zero-order chi connectivity index (χ0) is 20.4. The van der Waals surface area contributed by atoms with Crippen LogP contribution in [0.3, 0.4) is 0 Å². The van der Waals surface area contributed by atoms with Crippen LogP contribution in [0.25, 0.3) is 11.3 Å². The number of aromatic nitrogens is 1. The van der Waals surface area contributed by atoms with Crippen LogP contribution in [0.1, 0.15) is 28.2 Å². The number of aryl methyl sites for hydroxylation is 1. The Hall–Kier alpha value is -3.26. The highest BCUT2D eigenvalue weighted by atomic mass is 32.1. The summed E-state index contributed by atoms with van der Waals surface area (Å²) in [6.45, 7) is 3.54. The number of amides is 1. The molecule has 2 heterocycles. The van der Waals surface area contributed by atoms with Gasteiger partial charge in [0.05, 0.1) is 15.6 Å². The van der Waals surface area contributed by atoms with Gasteiger partial charge in [0.1, 0.15) is 5.69 Å². The fourth-order valence-corrected chi connectivity index (χ4v) is 4.11. The number of nitrogens with zero attached hydrogens (tertiary/aromatic N) is 3. The molecule has 29 heavy (non-hydrogen) atoms. The predicted octanol–water partition coefficient (Wildman–Crippen LogP) is 4.88. The second kappa shape index (κ2) is 8.00. The summed E-state index contributed by atoms with van der Waals surface area (Å²) in [5.41, 5.74) is 3.17. The van der Waals surface area contributed by atoms with Gasteiger partial charge in [-0.2, -0.15) is 0 Å². The summed E-state index contributed by atoms with van der Waals surface area (Å²) in [5.74, 6) is -0.382. The highest BCUT2D eigenvalue weighted by Gasteiger charge is 2.24. The number of nitro benzene ring substituents is 1. The largest absolute Gasteiger partial charge is 0.366 e. The second-order valence-electron chi connectivity index (χ2n) is 6.94. The fraction of sp³-hybridized carbons (Fsp3) is 0.238. The summed E-state index contributed by atoms with van der Waals surface area (Å²) in [6.07, 6.45) is 2.04. The van der Waals surface area contributed by atoms with Crippen LogP contribution in [0.2, 0.25) is 0 Å². The SMILES string of the molecule is Cc1nc(-c2cccc(NC(=O)c3ccc(N4CCCC4)c([N+](=O)[O-])c3)c2)cs1. The third kappa shape index (κ3) is 4.12. The van der Waals surface area contributed by atoms with Crippen LogP contribution in [-0.4, -0.2) is 28.9 Å². The summed E-state index contributed by atoms with van der Waals surface area (Å²) in [6, 6.07) is 12.1. The van der Waals surface area contributed by atoms with Crippen molar-refractivity contribution in [3.8, 4) is 11.3 Å². The molecule has 1 fully saturated rings. The fourth-order valence-electron chi connectivity index (χ4n) is 3.49. The Morgan fingerprint density at radius 2 is 2.00 bits per heavy atom. The number of carbonyl (C=O) groups is 1. The minimum Gasteiger partial charge on any atom is -0.366 e.